The SMILES string of the molecule is Nc1nc(C(F)(F)F)nc2c1ncn2C1[C@@H]2O[C@H](CO)[C@@H](O)[C@@]12F. The third kappa shape index (κ3) is 1.81. The Bertz CT molecular complexity index is 827. The quantitative estimate of drug-likeness (QED) is 0.643. The van der Waals surface area contributed by atoms with Gasteiger partial charge in [-0.3, -0.25) is 0 Å². The van der Waals surface area contributed by atoms with Gasteiger partial charge in [0.2, 0.25) is 5.82 Å². The van der Waals surface area contributed by atoms with E-state index in [0.717, 1.165) is 10.9 Å². The molecule has 4 rings (SSSR count). The van der Waals surface area contributed by atoms with Crippen LogP contribution >= 0.6 is 0 Å². The van der Waals surface area contributed by atoms with E-state index in [-0.39, 0.29) is 11.2 Å². The summed E-state index contributed by atoms with van der Waals surface area (Å²) in [7, 11) is 0. The number of halogens is 4. The number of nitrogen functional groups attached to an aromatic ring is 1. The first-order valence-electron chi connectivity index (χ1n) is 6.90. The maximum Gasteiger partial charge on any atom is 0.451 e. The van der Waals surface area contributed by atoms with Gasteiger partial charge in [-0.1, -0.05) is 0 Å². The Hall–Kier alpha value is -2.05. The third-order valence-electron chi connectivity index (χ3n) is 4.38. The van der Waals surface area contributed by atoms with Gasteiger partial charge in [0.05, 0.1) is 12.9 Å². The lowest BCUT2D eigenvalue weighted by molar-refractivity contribution is -0.144. The van der Waals surface area contributed by atoms with Crippen LogP contribution in [0.25, 0.3) is 11.2 Å². The van der Waals surface area contributed by atoms with Crippen LogP contribution in [0.15, 0.2) is 6.33 Å². The Morgan fingerprint density at radius 2 is 2.08 bits per heavy atom. The normalized spacial score (nSPS) is 35.4. The molecular formula is C12H11F4N5O3. The molecule has 2 aromatic rings. The van der Waals surface area contributed by atoms with E-state index in [1.165, 1.54) is 0 Å². The predicted molar refractivity (Wildman–Crippen MR) is 69.4 cm³/mol. The van der Waals surface area contributed by atoms with Gasteiger partial charge < -0.3 is 25.3 Å². The summed E-state index contributed by atoms with van der Waals surface area (Å²) < 4.78 is 59.6. The van der Waals surface area contributed by atoms with Gasteiger partial charge in [-0.05, 0) is 0 Å². The van der Waals surface area contributed by atoms with Gasteiger partial charge in [0, 0.05) is 0 Å². The van der Waals surface area contributed by atoms with Crippen LogP contribution in [-0.2, 0) is 10.9 Å². The van der Waals surface area contributed by atoms with Crippen molar-refractivity contribution in [2.24, 2.45) is 0 Å². The van der Waals surface area contributed by atoms with Gasteiger partial charge in [-0.25, -0.2) is 19.3 Å². The molecule has 4 N–H and O–H groups in total. The van der Waals surface area contributed by atoms with E-state index in [9.17, 15) is 22.7 Å². The van der Waals surface area contributed by atoms with Crippen molar-refractivity contribution >= 4 is 17.0 Å². The standard InChI is InChI=1S/C12H11F4N5O3/c13-11-5(7(11)24-3(1-22)6(11)23)21-2-18-4-8(17)19-10(12(14,15)16)20-9(4)21/h2-3,5-7,22-23H,1H2,(H2,17,19,20)/t3-,5?,6-,7+,11+/m1/s1. The number of hydrogen-bond acceptors (Lipinski definition) is 7. The van der Waals surface area contributed by atoms with Gasteiger partial charge in [-0.15, -0.1) is 0 Å². The third-order valence-corrected chi connectivity index (χ3v) is 4.38. The van der Waals surface area contributed by atoms with E-state index >= 15 is 0 Å². The molecular weight excluding hydrogens is 338 g/mol. The summed E-state index contributed by atoms with van der Waals surface area (Å²) >= 11 is 0. The fourth-order valence-electron chi connectivity index (χ4n) is 3.17. The number of nitrogens with two attached hydrogens (primary N) is 1. The number of anilines is 1. The Balaban J connectivity index is 1.79. The molecule has 24 heavy (non-hydrogen) atoms. The van der Waals surface area contributed by atoms with Crippen molar-refractivity contribution in [2.75, 3.05) is 12.3 Å². The van der Waals surface area contributed by atoms with E-state index in [1.54, 1.807) is 0 Å². The lowest BCUT2D eigenvalue weighted by atomic mass is 10.1. The summed E-state index contributed by atoms with van der Waals surface area (Å²) in [6, 6.07) is -1.12. The largest absolute Gasteiger partial charge is 0.451 e. The first-order valence-corrected chi connectivity index (χ1v) is 6.90. The minimum atomic E-state index is -4.83. The second kappa shape index (κ2) is 4.52. The van der Waals surface area contributed by atoms with Crippen molar-refractivity contribution in [3.63, 3.8) is 0 Å². The molecule has 5 atom stereocenters. The van der Waals surface area contributed by atoms with Gasteiger partial charge in [0.1, 0.15) is 29.9 Å². The molecule has 0 aromatic carbocycles. The van der Waals surface area contributed by atoms with Crippen molar-refractivity contribution in [3.05, 3.63) is 12.2 Å². The van der Waals surface area contributed by atoms with Gasteiger partial charge >= 0.3 is 6.18 Å². The molecule has 0 radical (unpaired) electrons. The Labute approximate surface area is 130 Å². The van der Waals surface area contributed by atoms with Crippen LogP contribution in [0.3, 0.4) is 0 Å². The van der Waals surface area contributed by atoms with Crippen molar-refractivity contribution in [3.8, 4) is 0 Å². The Morgan fingerprint density at radius 1 is 1.38 bits per heavy atom. The topological polar surface area (TPSA) is 119 Å². The maximum absolute atomic E-state index is 14.9. The van der Waals surface area contributed by atoms with Crippen molar-refractivity contribution in [1.29, 1.82) is 0 Å². The van der Waals surface area contributed by atoms with Crippen molar-refractivity contribution < 1.29 is 32.5 Å². The second-order valence-electron chi connectivity index (χ2n) is 5.75. The average molecular weight is 349 g/mol. The van der Waals surface area contributed by atoms with E-state index in [2.05, 4.69) is 15.0 Å². The zero-order chi connectivity index (χ0) is 17.4. The number of aliphatic hydroxyl groups is 2. The summed E-state index contributed by atoms with van der Waals surface area (Å²) in [4.78, 5) is 10.4. The molecule has 1 aliphatic carbocycles. The number of hydrogen-bond donors (Lipinski definition) is 3. The van der Waals surface area contributed by atoms with E-state index in [0.29, 0.717) is 0 Å². The van der Waals surface area contributed by atoms with E-state index < -0.39 is 54.4 Å². The second-order valence-corrected chi connectivity index (χ2v) is 5.75. The zero-order valence-corrected chi connectivity index (χ0v) is 11.8. The summed E-state index contributed by atoms with van der Waals surface area (Å²) in [6.07, 6.45) is -7.58. The highest BCUT2D eigenvalue weighted by Crippen LogP contribution is 2.61. The molecule has 8 nitrogen and oxygen atoms in total. The predicted octanol–water partition coefficient (Wildman–Crippen LogP) is -0.189. The smallest absolute Gasteiger partial charge is 0.394 e. The lowest BCUT2D eigenvalue weighted by Gasteiger charge is -2.19. The molecule has 0 amide bonds. The summed E-state index contributed by atoms with van der Waals surface area (Å²) in [6.45, 7) is -0.575. The highest BCUT2D eigenvalue weighted by atomic mass is 19.4. The molecule has 1 aliphatic heterocycles. The Morgan fingerprint density at radius 3 is 2.62 bits per heavy atom. The summed E-state index contributed by atoms with van der Waals surface area (Å²) in [5.74, 6) is -1.96. The monoisotopic (exact) mass is 349 g/mol. The number of fused-ring (bicyclic) bond motifs is 2. The minimum Gasteiger partial charge on any atom is -0.394 e. The minimum absolute atomic E-state index is 0.107. The highest BCUT2D eigenvalue weighted by Gasteiger charge is 2.79. The number of ether oxygens (including phenoxy) is 1. The molecule has 2 aliphatic rings. The lowest BCUT2D eigenvalue weighted by Crippen LogP contribution is -2.37. The number of imidazole rings is 1. The molecule has 130 valence electrons. The van der Waals surface area contributed by atoms with E-state index in [4.69, 9.17) is 15.6 Å². The van der Waals surface area contributed by atoms with Crippen LogP contribution in [-0.4, -0.2) is 60.3 Å². The van der Waals surface area contributed by atoms with Crippen LogP contribution in [0.2, 0.25) is 0 Å². The van der Waals surface area contributed by atoms with Gasteiger partial charge in [0.15, 0.2) is 17.1 Å². The molecule has 2 aromatic heterocycles. The maximum atomic E-state index is 14.9. The molecule has 0 bridgehead atoms. The molecule has 1 saturated carbocycles. The Kier molecular flexibility index (Phi) is 2.91. The summed E-state index contributed by atoms with van der Waals surface area (Å²) in [5, 5.41) is 18.9. The van der Waals surface area contributed by atoms with Gasteiger partial charge in [-0.2, -0.15) is 13.2 Å². The number of aliphatic hydroxyl groups excluding tert-OH is 2. The van der Waals surface area contributed by atoms with E-state index in [1.807, 2.05) is 0 Å². The zero-order valence-electron chi connectivity index (χ0n) is 11.8. The van der Waals surface area contributed by atoms with Gasteiger partial charge in [0.25, 0.3) is 0 Å². The number of rotatable bonds is 2. The highest BCUT2D eigenvalue weighted by molar-refractivity contribution is 5.82. The number of nitrogens with zero attached hydrogens (tertiary/aromatic N) is 4. The van der Waals surface area contributed by atoms with Crippen LogP contribution in [0.1, 0.15) is 11.9 Å². The molecule has 12 heteroatoms. The van der Waals surface area contributed by atoms with Crippen LogP contribution in [0.4, 0.5) is 23.4 Å². The fraction of sp³-hybridized carbons (Fsp3) is 0.583. The molecule has 0 spiro atoms. The summed E-state index contributed by atoms with van der Waals surface area (Å²) in [5.41, 5.74) is 2.83. The molecule has 1 unspecified atom stereocenters. The molecule has 3 heterocycles. The number of aromatic nitrogens is 4. The first kappa shape index (κ1) is 15.5. The van der Waals surface area contributed by atoms with Crippen LogP contribution < -0.4 is 5.73 Å². The number of alkyl halides is 4. The van der Waals surface area contributed by atoms with Crippen molar-refractivity contribution in [2.45, 2.75) is 36.2 Å². The fourth-order valence-corrected chi connectivity index (χ4v) is 3.17. The molecule has 2 fully saturated rings. The van der Waals surface area contributed by atoms with Crippen LogP contribution in [0.5, 0.6) is 0 Å². The first-order chi connectivity index (χ1) is 11.2. The average Bonchev–Trinajstić information content (AvgIpc) is 2.81. The van der Waals surface area contributed by atoms with Crippen molar-refractivity contribution in [1.82, 2.24) is 19.5 Å². The van der Waals surface area contributed by atoms with Crippen LogP contribution in [0, 0.1) is 0 Å². The molecule has 1 saturated heterocycles.